The van der Waals surface area contributed by atoms with Gasteiger partial charge in [-0.25, -0.2) is 13.1 Å². The first-order valence-electron chi connectivity index (χ1n) is 6.90. The van der Waals surface area contributed by atoms with Gasteiger partial charge < -0.3 is 15.6 Å². The molecule has 118 valence electrons. The molecule has 1 aromatic rings. The SMILES string of the molecule is Cc1ccc(N)c(C)c1S(=O)(=O)NC1(CO)CCOCC1. The highest BCUT2D eigenvalue weighted by atomic mass is 32.2. The number of nitrogen functional groups attached to an aromatic ring is 1. The van der Waals surface area contributed by atoms with Crippen molar-refractivity contribution in [2.45, 2.75) is 37.1 Å². The molecule has 1 aromatic carbocycles. The second-order valence-electron chi connectivity index (χ2n) is 5.58. The number of hydrogen-bond acceptors (Lipinski definition) is 5. The summed E-state index contributed by atoms with van der Waals surface area (Å²) in [4.78, 5) is 0.196. The van der Waals surface area contributed by atoms with Crippen LogP contribution in [0.1, 0.15) is 24.0 Å². The lowest BCUT2D eigenvalue weighted by Crippen LogP contribution is -2.54. The van der Waals surface area contributed by atoms with Gasteiger partial charge in [-0.15, -0.1) is 0 Å². The summed E-state index contributed by atoms with van der Waals surface area (Å²) in [6.45, 7) is 4.02. The number of aliphatic hydroxyl groups is 1. The Hall–Kier alpha value is -1.15. The van der Waals surface area contributed by atoms with Gasteiger partial charge >= 0.3 is 0 Å². The van der Waals surface area contributed by atoms with E-state index in [2.05, 4.69) is 4.72 Å². The summed E-state index contributed by atoms with van der Waals surface area (Å²) in [5.74, 6) is 0. The monoisotopic (exact) mass is 314 g/mol. The van der Waals surface area contributed by atoms with Crippen LogP contribution in [0.5, 0.6) is 0 Å². The lowest BCUT2D eigenvalue weighted by atomic mass is 9.93. The van der Waals surface area contributed by atoms with Crippen molar-refractivity contribution in [3.63, 3.8) is 0 Å². The van der Waals surface area contributed by atoms with Gasteiger partial charge in [-0.2, -0.15) is 0 Å². The van der Waals surface area contributed by atoms with E-state index < -0.39 is 15.6 Å². The molecule has 0 aromatic heterocycles. The molecule has 2 rings (SSSR count). The predicted molar refractivity (Wildman–Crippen MR) is 80.5 cm³/mol. The van der Waals surface area contributed by atoms with Gasteiger partial charge in [-0.3, -0.25) is 0 Å². The Kier molecular flexibility index (Phi) is 4.57. The first-order chi connectivity index (χ1) is 9.81. The first kappa shape index (κ1) is 16.2. The predicted octanol–water partition coefficient (Wildman–Crippen LogP) is 0.705. The largest absolute Gasteiger partial charge is 0.398 e. The number of ether oxygens (including phenoxy) is 1. The molecule has 0 bridgehead atoms. The number of rotatable bonds is 4. The average Bonchev–Trinajstić information content (AvgIpc) is 2.43. The molecule has 6 nitrogen and oxygen atoms in total. The molecule has 0 aliphatic carbocycles. The molecule has 1 saturated heterocycles. The molecular weight excluding hydrogens is 292 g/mol. The molecule has 0 amide bonds. The standard InChI is InChI=1S/C14H22N2O4S/c1-10-3-4-12(15)11(2)13(10)21(18,19)16-14(9-17)5-7-20-8-6-14/h3-4,16-17H,5-9,15H2,1-2H3. The van der Waals surface area contributed by atoms with Crippen LogP contribution < -0.4 is 10.5 Å². The maximum Gasteiger partial charge on any atom is 0.241 e. The molecule has 0 unspecified atom stereocenters. The summed E-state index contributed by atoms with van der Waals surface area (Å²) < 4.78 is 33.4. The quantitative estimate of drug-likeness (QED) is 0.710. The number of hydrogen-bond donors (Lipinski definition) is 3. The highest BCUT2D eigenvalue weighted by Gasteiger charge is 2.37. The lowest BCUT2D eigenvalue weighted by Gasteiger charge is -2.36. The van der Waals surface area contributed by atoms with E-state index in [0.717, 1.165) is 0 Å². The zero-order valence-corrected chi connectivity index (χ0v) is 13.2. The minimum atomic E-state index is -3.76. The van der Waals surface area contributed by atoms with E-state index >= 15 is 0 Å². The Balaban J connectivity index is 2.41. The van der Waals surface area contributed by atoms with E-state index in [0.29, 0.717) is 42.9 Å². The van der Waals surface area contributed by atoms with Crippen LogP contribution in [0.4, 0.5) is 5.69 Å². The summed E-state index contributed by atoms with van der Waals surface area (Å²) in [5.41, 5.74) is 6.56. The number of nitrogens with one attached hydrogen (secondary N) is 1. The van der Waals surface area contributed by atoms with Crippen molar-refractivity contribution in [3.8, 4) is 0 Å². The van der Waals surface area contributed by atoms with E-state index in [1.165, 1.54) is 0 Å². The normalized spacial score (nSPS) is 18.6. The molecule has 0 saturated carbocycles. The zero-order valence-electron chi connectivity index (χ0n) is 12.3. The van der Waals surface area contributed by atoms with Crippen molar-refractivity contribution in [1.29, 1.82) is 0 Å². The minimum absolute atomic E-state index is 0.196. The van der Waals surface area contributed by atoms with Gasteiger partial charge in [0.15, 0.2) is 0 Å². The van der Waals surface area contributed by atoms with Crippen LogP contribution in [0.25, 0.3) is 0 Å². The van der Waals surface area contributed by atoms with Crippen LogP contribution in [0.2, 0.25) is 0 Å². The maximum absolute atomic E-state index is 12.7. The van der Waals surface area contributed by atoms with Gasteiger partial charge in [0, 0.05) is 18.9 Å². The van der Waals surface area contributed by atoms with Gasteiger partial charge in [0.2, 0.25) is 10.0 Å². The fourth-order valence-electron chi connectivity index (χ4n) is 2.65. The summed E-state index contributed by atoms with van der Waals surface area (Å²) in [6, 6.07) is 3.38. The number of aliphatic hydroxyl groups excluding tert-OH is 1. The molecule has 21 heavy (non-hydrogen) atoms. The summed E-state index contributed by atoms with van der Waals surface area (Å²) in [5, 5.41) is 9.64. The van der Waals surface area contributed by atoms with Crippen LogP contribution in [0.3, 0.4) is 0 Å². The van der Waals surface area contributed by atoms with E-state index in [1.807, 2.05) is 0 Å². The number of aryl methyl sites for hydroxylation is 1. The highest BCUT2D eigenvalue weighted by molar-refractivity contribution is 7.89. The Morgan fingerprint density at radius 3 is 2.52 bits per heavy atom. The highest BCUT2D eigenvalue weighted by Crippen LogP contribution is 2.28. The zero-order chi connectivity index (χ0) is 15.7. The second-order valence-corrected chi connectivity index (χ2v) is 7.20. The van der Waals surface area contributed by atoms with E-state index in [9.17, 15) is 13.5 Å². The van der Waals surface area contributed by atoms with Gasteiger partial charge in [0.1, 0.15) is 0 Å². The van der Waals surface area contributed by atoms with Crippen LogP contribution in [-0.2, 0) is 14.8 Å². The Bertz CT molecular complexity index is 622. The van der Waals surface area contributed by atoms with E-state index in [4.69, 9.17) is 10.5 Å². The van der Waals surface area contributed by atoms with Gasteiger partial charge in [0.05, 0.1) is 17.0 Å². The molecule has 0 spiro atoms. The van der Waals surface area contributed by atoms with Crippen molar-refractivity contribution in [2.75, 3.05) is 25.6 Å². The number of anilines is 1. The van der Waals surface area contributed by atoms with Gasteiger partial charge in [-0.05, 0) is 43.9 Å². The van der Waals surface area contributed by atoms with Crippen molar-refractivity contribution >= 4 is 15.7 Å². The number of benzene rings is 1. The molecule has 7 heteroatoms. The molecular formula is C14H22N2O4S. The summed E-state index contributed by atoms with van der Waals surface area (Å²) >= 11 is 0. The third-order valence-electron chi connectivity index (χ3n) is 4.02. The average molecular weight is 314 g/mol. The molecule has 0 atom stereocenters. The van der Waals surface area contributed by atoms with Crippen molar-refractivity contribution < 1.29 is 18.3 Å². The molecule has 0 radical (unpaired) electrons. The van der Waals surface area contributed by atoms with E-state index in [-0.39, 0.29) is 11.5 Å². The van der Waals surface area contributed by atoms with Crippen molar-refractivity contribution in [3.05, 3.63) is 23.3 Å². The summed E-state index contributed by atoms with van der Waals surface area (Å²) in [7, 11) is -3.76. The van der Waals surface area contributed by atoms with Crippen molar-refractivity contribution in [2.24, 2.45) is 0 Å². The summed E-state index contributed by atoms with van der Waals surface area (Å²) in [6.07, 6.45) is 0.895. The Morgan fingerprint density at radius 2 is 1.95 bits per heavy atom. The molecule has 1 aliphatic heterocycles. The molecule has 4 N–H and O–H groups in total. The number of nitrogens with two attached hydrogens (primary N) is 1. The molecule has 1 heterocycles. The second kappa shape index (κ2) is 5.92. The van der Waals surface area contributed by atoms with Crippen LogP contribution in [-0.4, -0.2) is 38.9 Å². The fourth-order valence-corrected chi connectivity index (χ4v) is 4.60. The third-order valence-corrected chi connectivity index (χ3v) is 5.88. The van der Waals surface area contributed by atoms with Crippen molar-refractivity contribution in [1.82, 2.24) is 4.72 Å². The molecule has 1 aliphatic rings. The Morgan fingerprint density at radius 1 is 1.33 bits per heavy atom. The smallest absolute Gasteiger partial charge is 0.241 e. The first-order valence-corrected chi connectivity index (χ1v) is 8.38. The third kappa shape index (κ3) is 3.21. The van der Waals surface area contributed by atoms with Crippen LogP contribution in [0, 0.1) is 13.8 Å². The lowest BCUT2D eigenvalue weighted by molar-refractivity contribution is 0.0223. The maximum atomic E-state index is 12.7. The van der Waals surface area contributed by atoms with Gasteiger partial charge in [0.25, 0.3) is 0 Å². The van der Waals surface area contributed by atoms with E-state index in [1.54, 1.807) is 26.0 Å². The fraction of sp³-hybridized carbons (Fsp3) is 0.571. The topological polar surface area (TPSA) is 102 Å². The van der Waals surface area contributed by atoms with Crippen LogP contribution in [0.15, 0.2) is 17.0 Å². The Labute approximate surface area is 125 Å². The van der Waals surface area contributed by atoms with Crippen LogP contribution >= 0.6 is 0 Å². The van der Waals surface area contributed by atoms with Gasteiger partial charge in [-0.1, -0.05) is 6.07 Å². The minimum Gasteiger partial charge on any atom is -0.398 e. The number of sulfonamides is 1. The molecule has 1 fully saturated rings.